The SMILES string of the molecule is C=CCOC(=O)Nc1cccc(C(C)(C)[C@@H](C(N)=O)N(C)C(=O)OC(C)(C)C)c1. The van der Waals surface area contributed by atoms with Gasteiger partial charge in [-0.2, -0.15) is 0 Å². The van der Waals surface area contributed by atoms with Crippen molar-refractivity contribution in [3.8, 4) is 0 Å². The maximum absolute atomic E-state index is 12.5. The maximum Gasteiger partial charge on any atom is 0.411 e. The quantitative estimate of drug-likeness (QED) is 0.675. The Morgan fingerprint density at radius 1 is 1.24 bits per heavy atom. The first-order valence-electron chi connectivity index (χ1n) is 9.20. The van der Waals surface area contributed by atoms with Gasteiger partial charge in [-0.15, -0.1) is 0 Å². The van der Waals surface area contributed by atoms with Crippen molar-refractivity contribution in [1.82, 2.24) is 4.90 Å². The average molecular weight is 405 g/mol. The molecule has 29 heavy (non-hydrogen) atoms. The Balaban J connectivity index is 3.16. The van der Waals surface area contributed by atoms with Gasteiger partial charge in [0.05, 0.1) is 0 Å². The number of nitrogens with two attached hydrogens (primary N) is 1. The molecule has 1 atom stereocenters. The summed E-state index contributed by atoms with van der Waals surface area (Å²) in [4.78, 5) is 37.8. The Morgan fingerprint density at radius 2 is 1.86 bits per heavy atom. The number of carbonyl (C=O) groups is 3. The van der Waals surface area contributed by atoms with E-state index in [1.807, 2.05) is 0 Å². The summed E-state index contributed by atoms with van der Waals surface area (Å²) in [5, 5.41) is 2.61. The molecule has 0 saturated heterocycles. The van der Waals surface area contributed by atoms with E-state index in [4.69, 9.17) is 15.2 Å². The summed E-state index contributed by atoms with van der Waals surface area (Å²) in [6.45, 7) is 12.4. The molecule has 3 amide bonds. The maximum atomic E-state index is 12.5. The minimum absolute atomic E-state index is 0.0848. The van der Waals surface area contributed by atoms with Crippen LogP contribution in [0.1, 0.15) is 40.2 Å². The zero-order chi connectivity index (χ0) is 22.4. The van der Waals surface area contributed by atoms with Crippen LogP contribution >= 0.6 is 0 Å². The summed E-state index contributed by atoms with van der Waals surface area (Å²) in [6.07, 6.45) is 0.178. The molecule has 1 aromatic rings. The number of carbonyl (C=O) groups excluding carboxylic acids is 3. The molecule has 0 spiro atoms. The van der Waals surface area contributed by atoms with Crippen molar-refractivity contribution in [2.45, 2.75) is 51.7 Å². The lowest BCUT2D eigenvalue weighted by molar-refractivity contribution is -0.124. The third kappa shape index (κ3) is 6.81. The van der Waals surface area contributed by atoms with E-state index in [1.54, 1.807) is 58.9 Å². The molecule has 0 aliphatic heterocycles. The normalized spacial score (nSPS) is 12.5. The molecular formula is C21H31N3O5. The second-order valence-corrected chi connectivity index (χ2v) is 8.21. The molecule has 8 heteroatoms. The zero-order valence-electron chi connectivity index (χ0n) is 17.9. The smallest absolute Gasteiger partial charge is 0.411 e. The van der Waals surface area contributed by atoms with Crippen LogP contribution in [-0.2, 0) is 19.7 Å². The Bertz CT molecular complexity index is 768. The van der Waals surface area contributed by atoms with E-state index in [1.165, 1.54) is 18.0 Å². The number of nitrogens with one attached hydrogen (secondary N) is 1. The van der Waals surface area contributed by atoms with Gasteiger partial charge in [-0.3, -0.25) is 15.0 Å². The van der Waals surface area contributed by atoms with Crippen LogP contribution in [-0.4, -0.2) is 48.3 Å². The molecule has 0 aliphatic rings. The fraction of sp³-hybridized carbons (Fsp3) is 0.476. The summed E-state index contributed by atoms with van der Waals surface area (Å²) < 4.78 is 10.3. The van der Waals surface area contributed by atoms with E-state index in [2.05, 4.69) is 11.9 Å². The monoisotopic (exact) mass is 405 g/mol. The van der Waals surface area contributed by atoms with Crippen LogP contribution in [0.25, 0.3) is 0 Å². The largest absolute Gasteiger partial charge is 0.445 e. The molecule has 0 fully saturated rings. The number of primary amides is 1. The number of amides is 3. The van der Waals surface area contributed by atoms with Crippen LogP contribution in [0.5, 0.6) is 0 Å². The number of ether oxygens (including phenoxy) is 2. The lowest BCUT2D eigenvalue weighted by Crippen LogP contribution is -2.56. The second-order valence-electron chi connectivity index (χ2n) is 8.21. The Kier molecular flexibility index (Phi) is 7.82. The van der Waals surface area contributed by atoms with Crippen molar-refractivity contribution in [2.75, 3.05) is 19.0 Å². The lowest BCUT2D eigenvalue weighted by atomic mass is 9.76. The zero-order valence-corrected chi connectivity index (χ0v) is 17.9. The van der Waals surface area contributed by atoms with Crippen LogP contribution in [0.4, 0.5) is 15.3 Å². The van der Waals surface area contributed by atoms with Crippen LogP contribution in [0, 0.1) is 0 Å². The summed E-state index contributed by atoms with van der Waals surface area (Å²) in [5.74, 6) is -0.674. The summed E-state index contributed by atoms with van der Waals surface area (Å²) in [5.41, 5.74) is 5.23. The topological polar surface area (TPSA) is 111 Å². The fourth-order valence-electron chi connectivity index (χ4n) is 2.91. The van der Waals surface area contributed by atoms with E-state index >= 15 is 0 Å². The summed E-state index contributed by atoms with van der Waals surface area (Å²) >= 11 is 0. The van der Waals surface area contributed by atoms with Crippen molar-refractivity contribution in [1.29, 1.82) is 0 Å². The molecule has 1 rings (SSSR count). The highest BCUT2D eigenvalue weighted by Crippen LogP contribution is 2.32. The first kappa shape index (κ1) is 24.0. The molecule has 1 aromatic carbocycles. The number of rotatable bonds is 7. The molecule has 0 bridgehead atoms. The number of hydrogen-bond donors (Lipinski definition) is 2. The van der Waals surface area contributed by atoms with Crippen molar-refractivity contribution >= 4 is 23.8 Å². The van der Waals surface area contributed by atoms with Crippen molar-refractivity contribution < 1.29 is 23.9 Å². The van der Waals surface area contributed by atoms with Crippen LogP contribution in [0.2, 0.25) is 0 Å². The van der Waals surface area contributed by atoms with Gasteiger partial charge >= 0.3 is 12.2 Å². The van der Waals surface area contributed by atoms with Crippen LogP contribution in [0.3, 0.4) is 0 Å². The highest BCUT2D eigenvalue weighted by atomic mass is 16.6. The molecule has 0 radical (unpaired) electrons. The molecule has 0 aromatic heterocycles. The molecule has 0 unspecified atom stereocenters. The number of nitrogens with zero attached hydrogens (tertiary/aromatic N) is 1. The van der Waals surface area contributed by atoms with Gasteiger partial charge < -0.3 is 15.2 Å². The Hall–Kier alpha value is -3.03. The third-order valence-electron chi connectivity index (χ3n) is 4.21. The molecule has 3 N–H and O–H groups in total. The standard InChI is InChI=1S/C21H31N3O5/c1-8-12-28-18(26)23-15-11-9-10-14(13-15)21(5,6)16(17(22)25)24(7)19(27)29-20(2,3)4/h8-11,13,16H,1,12H2,2-7H3,(H2,22,25)(H,23,26)/t16-/m1/s1. The number of anilines is 1. The minimum atomic E-state index is -0.986. The first-order chi connectivity index (χ1) is 13.3. The van der Waals surface area contributed by atoms with Gasteiger partial charge in [-0.1, -0.05) is 38.6 Å². The van der Waals surface area contributed by atoms with Gasteiger partial charge in [0.2, 0.25) is 5.91 Å². The van der Waals surface area contributed by atoms with Crippen molar-refractivity contribution in [3.05, 3.63) is 42.5 Å². The van der Waals surface area contributed by atoms with Gasteiger partial charge in [0, 0.05) is 18.2 Å². The highest BCUT2D eigenvalue weighted by molar-refractivity contribution is 5.87. The molecule has 8 nitrogen and oxygen atoms in total. The van der Waals surface area contributed by atoms with Crippen LogP contribution in [0.15, 0.2) is 36.9 Å². The fourth-order valence-corrected chi connectivity index (χ4v) is 2.91. The molecule has 0 heterocycles. The van der Waals surface area contributed by atoms with Crippen LogP contribution < -0.4 is 11.1 Å². The van der Waals surface area contributed by atoms with E-state index in [-0.39, 0.29) is 6.61 Å². The second kappa shape index (κ2) is 9.45. The lowest BCUT2D eigenvalue weighted by Gasteiger charge is -2.39. The predicted octanol–water partition coefficient (Wildman–Crippen LogP) is 3.42. The van der Waals surface area contributed by atoms with Crippen molar-refractivity contribution in [2.24, 2.45) is 5.73 Å². The van der Waals surface area contributed by atoms with Gasteiger partial charge in [0.1, 0.15) is 18.2 Å². The summed E-state index contributed by atoms with van der Waals surface area (Å²) in [7, 11) is 1.47. The van der Waals surface area contributed by atoms with Gasteiger partial charge in [-0.05, 0) is 38.5 Å². The number of benzene rings is 1. The van der Waals surface area contributed by atoms with Gasteiger partial charge in [0.15, 0.2) is 0 Å². The molecule has 160 valence electrons. The Morgan fingerprint density at radius 3 is 2.38 bits per heavy atom. The summed E-state index contributed by atoms with van der Waals surface area (Å²) in [6, 6.07) is 5.92. The molecular weight excluding hydrogens is 374 g/mol. The number of hydrogen-bond acceptors (Lipinski definition) is 5. The van der Waals surface area contributed by atoms with Gasteiger partial charge in [0.25, 0.3) is 0 Å². The molecule has 0 saturated carbocycles. The van der Waals surface area contributed by atoms with E-state index in [0.717, 1.165) is 0 Å². The Labute approximate surface area is 172 Å². The molecule has 0 aliphatic carbocycles. The van der Waals surface area contributed by atoms with Crippen molar-refractivity contribution in [3.63, 3.8) is 0 Å². The highest BCUT2D eigenvalue weighted by Gasteiger charge is 2.41. The van der Waals surface area contributed by atoms with Gasteiger partial charge in [-0.25, -0.2) is 9.59 Å². The van der Waals surface area contributed by atoms with E-state index in [0.29, 0.717) is 11.3 Å². The van der Waals surface area contributed by atoms with E-state index in [9.17, 15) is 14.4 Å². The number of likely N-dealkylation sites (N-methyl/N-ethyl adjacent to an activating group) is 1. The third-order valence-corrected chi connectivity index (χ3v) is 4.21. The van der Waals surface area contributed by atoms with E-state index < -0.39 is 35.2 Å². The average Bonchev–Trinajstić information content (AvgIpc) is 2.58. The minimum Gasteiger partial charge on any atom is -0.445 e. The first-order valence-corrected chi connectivity index (χ1v) is 9.20. The predicted molar refractivity (Wildman–Crippen MR) is 112 cm³/mol.